The molecule has 4 nitrogen and oxygen atoms in total. The van der Waals surface area contributed by atoms with Gasteiger partial charge in [0.05, 0.1) is 5.92 Å². The highest BCUT2D eigenvalue weighted by atomic mass is 16.1. The van der Waals surface area contributed by atoms with Crippen LogP contribution in [0.3, 0.4) is 0 Å². The number of rotatable bonds is 7. The van der Waals surface area contributed by atoms with Crippen LogP contribution in [0.1, 0.15) is 46.5 Å². The summed E-state index contributed by atoms with van der Waals surface area (Å²) in [5, 5.41) is 3.06. The normalized spacial score (nSPS) is 27.5. The summed E-state index contributed by atoms with van der Waals surface area (Å²) in [5.74, 6) is 0.821. The molecule has 1 fully saturated rings. The SMILES string of the molecule is CCN(CC)CCCNC(=O)C1CC(C)CCC1N. The quantitative estimate of drug-likeness (QED) is 0.690. The second-order valence-corrected chi connectivity index (χ2v) is 5.86. The maximum Gasteiger partial charge on any atom is 0.224 e. The van der Waals surface area contributed by atoms with Crippen LogP contribution in [-0.4, -0.2) is 43.0 Å². The van der Waals surface area contributed by atoms with E-state index in [1.165, 1.54) is 0 Å². The molecule has 1 rings (SSSR count). The first-order valence-corrected chi connectivity index (χ1v) is 7.84. The third-order valence-electron chi connectivity index (χ3n) is 4.35. The predicted molar refractivity (Wildman–Crippen MR) is 79.9 cm³/mol. The van der Waals surface area contributed by atoms with Crippen LogP contribution in [0.4, 0.5) is 0 Å². The minimum absolute atomic E-state index is 0.0252. The lowest BCUT2D eigenvalue weighted by Crippen LogP contribution is -2.45. The standard InChI is InChI=1S/C15H31N3O/c1-4-18(5-2)10-6-9-17-15(19)13-11-12(3)7-8-14(13)16/h12-14H,4-11,16H2,1-3H3,(H,17,19). The molecule has 0 bridgehead atoms. The smallest absolute Gasteiger partial charge is 0.224 e. The second kappa shape index (κ2) is 8.54. The van der Waals surface area contributed by atoms with E-state index in [9.17, 15) is 4.79 Å². The van der Waals surface area contributed by atoms with Gasteiger partial charge in [-0.2, -0.15) is 0 Å². The van der Waals surface area contributed by atoms with E-state index in [4.69, 9.17) is 5.73 Å². The monoisotopic (exact) mass is 269 g/mol. The molecule has 112 valence electrons. The molecule has 0 saturated heterocycles. The first-order valence-electron chi connectivity index (χ1n) is 7.84. The summed E-state index contributed by atoms with van der Waals surface area (Å²) in [7, 11) is 0. The molecule has 1 aliphatic carbocycles. The van der Waals surface area contributed by atoms with E-state index >= 15 is 0 Å². The Kier molecular flexibility index (Phi) is 7.39. The van der Waals surface area contributed by atoms with Crippen LogP contribution in [0, 0.1) is 11.8 Å². The summed E-state index contributed by atoms with van der Waals surface area (Å²) in [6.45, 7) is 10.5. The topological polar surface area (TPSA) is 58.4 Å². The molecule has 0 aliphatic heterocycles. The molecule has 3 unspecified atom stereocenters. The van der Waals surface area contributed by atoms with E-state index in [2.05, 4.69) is 31.0 Å². The van der Waals surface area contributed by atoms with Gasteiger partial charge in [0, 0.05) is 12.6 Å². The van der Waals surface area contributed by atoms with Crippen molar-refractivity contribution in [1.82, 2.24) is 10.2 Å². The molecule has 0 aromatic carbocycles. The number of nitrogens with two attached hydrogens (primary N) is 1. The van der Waals surface area contributed by atoms with Gasteiger partial charge in [0.2, 0.25) is 5.91 Å². The summed E-state index contributed by atoms with van der Waals surface area (Å²) < 4.78 is 0. The molecule has 0 spiro atoms. The highest BCUT2D eigenvalue weighted by molar-refractivity contribution is 5.79. The van der Waals surface area contributed by atoms with Crippen molar-refractivity contribution in [2.45, 2.75) is 52.5 Å². The van der Waals surface area contributed by atoms with Gasteiger partial charge < -0.3 is 16.0 Å². The number of hydrogen-bond donors (Lipinski definition) is 2. The Morgan fingerprint density at radius 3 is 2.63 bits per heavy atom. The van der Waals surface area contributed by atoms with Crippen molar-refractivity contribution >= 4 is 5.91 Å². The molecule has 1 saturated carbocycles. The lowest BCUT2D eigenvalue weighted by atomic mass is 9.79. The average molecular weight is 269 g/mol. The summed E-state index contributed by atoms with van der Waals surface area (Å²) in [5.41, 5.74) is 6.07. The molecule has 0 aromatic heterocycles. The molecule has 3 atom stereocenters. The van der Waals surface area contributed by atoms with Crippen LogP contribution >= 0.6 is 0 Å². The third kappa shape index (κ3) is 5.49. The van der Waals surface area contributed by atoms with Crippen molar-refractivity contribution in [2.75, 3.05) is 26.2 Å². The summed E-state index contributed by atoms with van der Waals surface area (Å²) in [4.78, 5) is 14.5. The molecule has 19 heavy (non-hydrogen) atoms. The van der Waals surface area contributed by atoms with Gasteiger partial charge in [-0.05, 0) is 51.2 Å². The van der Waals surface area contributed by atoms with E-state index in [-0.39, 0.29) is 17.9 Å². The molecule has 0 heterocycles. The van der Waals surface area contributed by atoms with Crippen molar-refractivity contribution in [2.24, 2.45) is 17.6 Å². The number of carbonyl (C=O) groups is 1. The van der Waals surface area contributed by atoms with Crippen LogP contribution in [0.25, 0.3) is 0 Å². The molecular formula is C15H31N3O. The molecule has 3 N–H and O–H groups in total. The van der Waals surface area contributed by atoms with Gasteiger partial charge in [-0.1, -0.05) is 20.8 Å². The highest BCUT2D eigenvalue weighted by Gasteiger charge is 2.31. The van der Waals surface area contributed by atoms with E-state index < -0.39 is 0 Å². The van der Waals surface area contributed by atoms with Crippen molar-refractivity contribution in [3.8, 4) is 0 Å². The van der Waals surface area contributed by atoms with Gasteiger partial charge in [-0.15, -0.1) is 0 Å². The first kappa shape index (κ1) is 16.4. The molecule has 4 heteroatoms. The van der Waals surface area contributed by atoms with E-state index in [0.717, 1.165) is 51.9 Å². The number of nitrogens with zero attached hydrogens (tertiary/aromatic N) is 1. The van der Waals surface area contributed by atoms with Crippen molar-refractivity contribution in [3.05, 3.63) is 0 Å². The van der Waals surface area contributed by atoms with E-state index in [0.29, 0.717) is 5.92 Å². The van der Waals surface area contributed by atoms with E-state index in [1.807, 2.05) is 0 Å². The van der Waals surface area contributed by atoms with Crippen molar-refractivity contribution < 1.29 is 4.79 Å². The Hall–Kier alpha value is -0.610. The van der Waals surface area contributed by atoms with Gasteiger partial charge in [-0.3, -0.25) is 4.79 Å². The molecule has 0 radical (unpaired) electrons. The average Bonchev–Trinajstić information content (AvgIpc) is 2.41. The molecule has 1 amide bonds. The highest BCUT2D eigenvalue weighted by Crippen LogP contribution is 2.27. The van der Waals surface area contributed by atoms with Crippen LogP contribution in [0.2, 0.25) is 0 Å². The maximum absolute atomic E-state index is 12.1. The van der Waals surface area contributed by atoms with Crippen LogP contribution in [-0.2, 0) is 4.79 Å². The van der Waals surface area contributed by atoms with Crippen molar-refractivity contribution in [1.29, 1.82) is 0 Å². The Morgan fingerprint density at radius 1 is 1.32 bits per heavy atom. The Labute approximate surface area is 118 Å². The zero-order chi connectivity index (χ0) is 14.3. The molecule has 0 aromatic rings. The van der Waals surface area contributed by atoms with Gasteiger partial charge in [0.1, 0.15) is 0 Å². The van der Waals surface area contributed by atoms with Gasteiger partial charge in [0.15, 0.2) is 0 Å². The fourth-order valence-corrected chi connectivity index (χ4v) is 2.89. The predicted octanol–water partition coefficient (Wildman–Crippen LogP) is 1.60. The van der Waals surface area contributed by atoms with Crippen LogP contribution in [0.5, 0.6) is 0 Å². The van der Waals surface area contributed by atoms with Crippen molar-refractivity contribution in [3.63, 3.8) is 0 Å². The largest absolute Gasteiger partial charge is 0.356 e. The maximum atomic E-state index is 12.1. The fourth-order valence-electron chi connectivity index (χ4n) is 2.89. The first-order chi connectivity index (χ1) is 9.08. The lowest BCUT2D eigenvalue weighted by Gasteiger charge is -2.31. The number of nitrogens with one attached hydrogen (secondary N) is 1. The van der Waals surface area contributed by atoms with Crippen LogP contribution < -0.4 is 11.1 Å². The number of amides is 1. The number of carbonyl (C=O) groups excluding carboxylic acids is 1. The minimum atomic E-state index is 0.0252. The van der Waals surface area contributed by atoms with Gasteiger partial charge >= 0.3 is 0 Å². The summed E-state index contributed by atoms with van der Waals surface area (Å²) in [6.07, 6.45) is 4.11. The van der Waals surface area contributed by atoms with E-state index in [1.54, 1.807) is 0 Å². The Bertz CT molecular complexity index is 266. The second-order valence-electron chi connectivity index (χ2n) is 5.86. The zero-order valence-electron chi connectivity index (χ0n) is 12.8. The number of hydrogen-bond acceptors (Lipinski definition) is 3. The Morgan fingerprint density at radius 2 is 2.00 bits per heavy atom. The molecule has 1 aliphatic rings. The Balaban J connectivity index is 2.23. The van der Waals surface area contributed by atoms with Crippen LogP contribution in [0.15, 0.2) is 0 Å². The fraction of sp³-hybridized carbons (Fsp3) is 0.933. The third-order valence-corrected chi connectivity index (χ3v) is 4.35. The van der Waals surface area contributed by atoms with Gasteiger partial charge in [0.25, 0.3) is 0 Å². The molecular weight excluding hydrogens is 238 g/mol. The zero-order valence-corrected chi connectivity index (χ0v) is 12.8. The summed E-state index contributed by atoms with van der Waals surface area (Å²) >= 11 is 0. The van der Waals surface area contributed by atoms with Gasteiger partial charge in [-0.25, -0.2) is 0 Å². The lowest BCUT2D eigenvalue weighted by molar-refractivity contribution is -0.126. The minimum Gasteiger partial charge on any atom is -0.356 e. The summed E-state index contributed by atoms with van der Waals surface area (Å²) in [6, 6.07) is 0.0546.